The Kier molecular flexibility index (Phi) is 5.84. The average molecular weight is 295 g/mol. The Morgan fingerprint density at radius 3 is 2.18 bits per heavy atom. The number of alkyl halides is 5. The summed E-state index contributed by atoms with van der Waals surface area (Å²) in [5.41, 5.74) is 0. The Balaban J connectivity index is 4.70. The van der Waals surface area contributed by atoms with Crippen LogP contribution in [0.15, 0.2) is 0 Å². The summed E-state index contributed by atoms with van der Waals surface area (Å²) in [6.45, 7) is 3.40. The van der Waals surface area contributed by atoms with Gasteiger partial charge in [-0.2, -0.15) is 22.8 Å². The van der Waals surface area contributed by atoms with Crippen LogP contribution in [0.25, 0.3) is 0 Å². The Morgan fingerprint density at radius 1 is 1.41 bits per heavy atom. The molecule has 0 amide bonds. The fourth-order valence-electron chi connectivity index (χ4n) is 0.907. The van der Waals surface area contributed by atoms with Gasteiger partial charge < -0.3 is 0 Å². The van der Waals surface area contributed by atoms with E-state index in [0.29, 0.717) is 0 Å². The molecular formula is C8H11ClF4N2OS. The highest BCUT2D eigenvalue weighted by molar-refractivity contribution is 7.84. The number of hydrogen-bond donors (Lipinski definition) is 1. The molecule has 0 aromatic carbocycles. The average Bonchev–Trinajstić information content (AvgIpc) is 2.13. The minimum absolute atomic E-state index is 0.0470. The maximum Gasteiger partial charge on any atom is 0.410 e. The molecule has 100 valence electrons. The van der Waals surface area contributed by atoms with Crippen LogP contribution in [-0.4, -0.2) is 20.9 Å². The largest absolute Gasteiger partial charge is 0.410 e. The number of nitriles is 1. The molecule has 1 N–H and O–H groups in total. The van der Waals surface area contributed by atoms with Gasteiger partial charge in [-0.1, -0.05) is 13.8 Å². The molecule has 0 saturated heterocycles. The molecule has 0 aliphatic heterocycles. The molecule has 0 saturated carbocycles. The third kappa shape index (κ3) is 4.77. The van der Waals surface area contributed by atoms with E-state index in [1.165, 1.54) is 0 Å². The summed E-state index contributed by atoms with van der Waals surface area (Å²) >= 11 is 4.15. The van der Waals surface area contributed by atoms with Crippen LogP contribution in [0.4, 0.5) is 17.6 Å². The number of nitrogens with one attached hydrogen (secondary N) is 1. The molecule has 9 heteroatoms. The van der Waals surface area contributed by atoms with Gasteiger partial charge in [-0.15, -0.1) is 0 Å². The zero-order chi connectivity index (χ0) is 13.9. The van der Waals surface area contributed by atoms with E-state index < -0.39 is 27.7 Å². The lowest BCUT2D eigenvalue weighted by atomic mass is 10.1. The monoisotopic (exact) mass is 294 g/mol. The zero-order valence-corrected chi connectivity index (χ0v) is 10.6. The molecular weight excluding hydrogens is 284 g/mol. The first-order valence-electron chi connectivity index (χ1n) is 4.54. The summed E-state index contributed by atoms with van der Waals surface area (Å²) in [6, 6.07) is 0.355. The molecule has 0 unspecified atom stereocenters. The van der Waals surface area contributed by atoms with E-state index >= 15 is 0 Å². The van der Waals surface area contributed by atoms with Crippen molar-refractivity contribution in [1.29, 1.82) is 5.26 Å². The Bertz CT molecular complexity index is 326. The number of halogens is 5. The van der Waals surface area contributed by atoms with Gasteiger partial charge in [0.1, 0.15) is 6.04 Å². The Hall–Kier alpha value is -0.390. The van der Waals surface area contributed by atoms with Crippen molar-refractivity contribution in [3.8, 4) is 6.07 Å². The molecule has 2 atom stereocenters. The van der Waals surface area contributed by atoms with E-state index in [-0.39, 0.29) is 12.3 Å². The van der Waals surface area contributed by atoms with E-state index in [1.54, 1.807) is 24.6 Å². The van der Waals surface area contributed by atoms with Gasteiger partial charge >= 0.3 is 10.6 Å². The quantitative estimate of drug-likeness (QED) is 0.605. The second-order valence-electron chi connectivity index (χ2n) is 3.71. The predicted octanol–water partition coefficient (Wildman–Crippen LogP) is 2.60. The maximum absolute atomic E-state index is 12.8. The first-order valence-corrected chi connectivity index (χ1v) is 6.07. The third-order valence-corrected chi connectivity index (χ3v) is 3.25. The molecule has 17 heavy (non-hydrogen) atoms. The van der Waals surface area contributed by atoms with Crippen LogP contribution < -0.4 is 4.72 Å². The number of hydrogen-bond acceptors (Lipinski definition) is 2. The Morgan fingerprint density at radius 2 is 1.88 bits per heavy atom. The molecule has 0 rings (SSSR count). The summed E-state index contributed by atoms with van der Waals surface area (Å²) < 4.78 is 62.8. The van der Waals surface area contributed by atoms with Crippen molar-refractivity contribution in [2.75, 3.05) is 0 Å². The molecule has 3 nitrogen and oxygen atoms in total. The highest BCUT2D eigenvalue weighted by Crippen LogP contribution is 2.39. The molecule has 0 fully saturated rings. The van der Waals surface area contributed by atoms with E-state index in [4.69, 9.17) is 5.26 Å². The van der Waals surface area contributed by atoms with E-state index in [0.717, 1.165) is 0 Å². The minimum atomic E-state index is -4.94. The van der Waals surface area contributed by atoms with Gasteiger partial charge in [-0.25, -0.2) is 8.93 Å². The van der Waals surface area contributed by atoms with Gasteiger partial charge in [-0.3, -0.25) is 0 Å². The summed E-state index contributed by atoms with van der Waals surface area (Å²) in [5.74, 6) is -0.0470. The number of nitrogens with zero attached hydrogens (tertiary/aromatic N) is 1. The smallest absolute Gasteiger partial charge is 0.236 e. The van der Waals surface area contributed by atoms with Crippen LogP contribution in [0.5, 0.6) is 0 Å². The van der Waals surface area contributed by atoms with E-state index in [2.05, 4.69) is 11.6 Å². The fraction of sp³-hybridized carbons (Fsp3) is 0.875. The van der Waals surface area contributed by atoms with Gasteiger partial charge in [0.05, 0.1) is 6.07 Å². The van der Waals surface area contributed by atoms with Crippen LogP contribution in [0.3, 0.4) is 0 Å². The van der Waals surface area contributed by atoms with Crippen LogP contribution in [-0.2, 0) is 11.0 Å². The van der Waals surface area contributed by atoms with Gasteiger partial charge in [0, 0.05) is 0 Å². The summed E-state index contributed by atoms with van der Waals surface area (Å²) in [5, 5.41) is -1.31. The van der Waals surface area contributed by atoms with Crippen molar-refractivity contribution in [3.05, 3.63) is 0 Å². The standard InChI is InChI=1S/C8H11ClF4N2OS/c1-5(2)3-6(4-14)15-17(16)8(12,13)7(9,10)11/h5-6,15H,3H2,1-2H3/t6-,17+/m1/s1. The maximum atomic E-state index is 12.8. The van der Waals surface area contributed by atoms with Crippen LogP contribution in [0.1, 0.15) is 20.3 Å². The van der Waals surface area contributed by atoms with Crippen LogP contribution in [0, 0.1) is 17.2 Å². The highest BCUT2D eigenvalue weighted by atomic mass is 35.5. The molecule has 0 heterocycles. The summed E-state index contributed by atoms with van der Waals surface area (Å²) in [7, 11) is -3.43. The first-order chi connectivity index (χ1) is 7.52. The Labute approximate surface area is 104 Å². The van der Waals surface area contributed by atoms with Crippen molar-refractivity contribution >= 4 is 22.6 Å². The van der Waals surface area contributed by atoms with Crippen LogP contribution in [0.2, 0.25) is 0 Å². The highest BCUT2D eigenvalue weighted by Gasteiger charge is 2.60. The molecule has 0 bridgehead atoms. The fourth-order valence-corrected chi connectivity index (χ4v) is 1.88. The summed E-state index contributed by atoms with van der Waals surface area (Å²) in [6.07, 6.45) is 0.103. The molecule has 0 spiro atoms. The van der Waals surface area contributed by atoms with E-state index in [1.807, 2.05) is 0 Å². The van der Waals surface area contributed by atoms with Crippen LogP contribution >= 0.6 is 11.6 Å². The lowest BCUT2D eigenvalue weighted by Gasteiger charge is -2.22. The molecule has 0 aromatic rings. The summed E-state index contributed by atoms with van der Waals surface area (Å²) in [4.78, 5) is 0. The van der Waals surface area contributed by atoms with Crippen molar-refractivity contribution in [2.45, 2.75) is 36.9 Å². The predicted molar refractivity (Wildman–Crippen MR) is 55.9 cm³/mol. The molecule has 0 aliphatic rings. The lowest BCUT2D eigenvalue weighted by molar-refractivity contribution is -0.0939. The van der Waals surface area contributed by atoms with E-state index in [9.17, 15) is 21.8 Å². The second-order valence-corrected chi connectivity index (χ2v) is 5.47. The van der Waals surface area contributed by atoms with Crippen molar-refractivity contribution in [3.63, 3.8) is 0 Å². The normalized spacial score (nSPS) is 16.6. The lowest BCUT2D eigenvalue weighted by Crippen LogP contribution is -2.47. The van der Waals surface area contributed by atoms with Gasteiger partial charge in [0.2, 0.25) is 0 Å². The van der Waals surface area contributed by atoms with Crippen molar-refractivity contribution < 1.29 is 21.8 Å². The SMILES string of the molecule is CC(C)C[C@H](C#N)N[S@@](=O)C(F)(F)C(F)(F)Cl. The topological polar surface area (TPSA) is 52.9 Å². The third-order valence-electron chi connectivity index (χ3n) is 1.68. The number of rotatable bonds is 6. The second kappa shape index (κ2) is 5.98. The van der Waals surface area contributed by atoms with Gasteiger partial charge in [0.25, 0.3) is 0 Å². The minimum Gasteiger partial charge on any atom is -0.236 e. The first kappa shape index (κ1) is 16.6. The van der Waals surface area contributed by atoms with Gasteiger partial charge in [0.15, 0.2) is 11.0 Å². The zero-order valence-electron chi connectivity index (χ0n) is 9.02. The molecule has 0 aromatic heterocycles. The van der Waals surface area contributed by atoms with Crippen molar-refractivity contribution in [1.82, 2.24) is 4.72 Å². The molecule has 0 aliphatic carbocycles. The molecule has 0 radical (unpaired) electrons. The van der Waals surface area contributed by atoms with Crippen molar-refractivity contribution in [2.24, 2.45) is 5.92 Å². The van der Waals surface area contributed by atoms with Gasteiger partial charge in [-0.05, 0) is 23.9 Å².